The fourth-order valence-corrected chi connectivity index (χ4v) is 2.80. The third kappa shape index (κ3) is 2.82. The van der Waals surface area contributed by atoms with E-state index in [-0.39, 0.29) is 5.60 Å². The molecule has 0 spiro atoms. The van der Waals surface area contributed by atoms with Gasteiger partial charge in [0.1, 0.15) is 11.4 Å². The van der Waals surface area contributed by atoms with Crippen molar-refractivity contribution in [2.24, 2.45) is 0 Å². The first-order chi connectivity index (χ1) is 10.5. The zero-order valence-electron chi connectivity index (χ0n) is 13.6. The summed E-state index contributed by atoms with van der Waals surface area (Å²) < 4.78 is 6.25. The van der Waals surface area contributed by atoms with Crippen molar-refractivity contribution < 1.29 is 4.74 Å². The molecule has 3 aromatic rings. The van der Waals surface area contributed by atoms with Crippen LogP contribution in [0, 0.1) is 13.8 Å². The molecular weight excluding hydrogens is 270 g/mol. The molecule has 0 aliphatic heterocycles. The summed E-state index contributed by atoms with van der Waals surface area (Å²) in [5.74, 6) is 0.870. The van der Waals surface area contributed by atoms with Gasteiger partial charge in [0.15, 0.2) is 0 Å². The molecule has 0 atom stereocenters. The molecule has 2 aromatic carbocycles. The summed E-state index contributed by atoms with van der Waals surface area (Å²) >= 11 is 0. The van der Waals surface area contributed by atoms with Crippen LogP contribution in [0.25, 0.3) is 10.9 Å². The molecule has 0 fully saturated rings. The molecule has 1 aromatic heterocycles. The molecule has 0 saturated heterocycles. The first-order valence-electron chi connectivity index (χ1n) is 7.58. The fraction of sp³-hybridized carbons (Fsp3) is 0.250. The Hall–Kier alpha value is -2.35. The summed E-state index contributed by atoms with van der Waals surface area (Å²) in [5, 5.41) is 1.15. The fourth-order valence-electron chi connectivity index (χ4n) is 2.80. The van der Waals surface area contributed by atoms with Gasteiger partial charge in [0.05, 0.1) is 5.52 Å². The summed E-state index contributed by atoms with van der Waals surface area (Å²) in [6.07, 6.45) is 0. The predicted molar refractivity (Wildman–Crippen MR) is 91.3 cm³/mol. The van der Waals surface area contributed by atoms with E-state index < -0.39 is 0 Å². The highest BCUT2D eigenvalue weighted by Gasteiger charge is 2.22. The summed E-state index contributed by atoms with van der Waals surface area (Å²) in [7, 11) is 0. The van der Waals surface area contributed by atoms with E-state index in [1.807, 2.05) is 37.3 Å². The number of nitrogens with zero attached hydrogens (tertiary/aromatic N) is 1. The maximum Gasteiger partial charge on any atom is 0.128 e. The van der Waals surface area contributed by atoms with Crippen molar-refractivity contribution in [1.82, 2.24) is 4.98 Å². The second-order valence-corrected chi connectivity index (χ2v) is 6.24. The van der Waals surface area contributed by atoms with E-state index in [1.54, 1.807) is 0 Å². The zero-order valence-corrected chi connectivity index (χ0v) is 13.6. The van der Waals surface area contributed by atoms with Crippen LogP contribution in [0.3, 0.4) is 0 Å². The van der Waals surface area contributed by atoms with Crippen LogP contribution >= 0.6 is 0 Å². The Morgan fingerprint density at radius 3 is 2.36 bits per heavy atom. The molecule has 3 rings (SSSR count). The maximum atomic E-state index is 6.25. The van der Waals surface area contributed by atoms with Crippen molar-refractivity contribution in [1.29, 1.82) is 0 Å². The van der Waals surface area contributed by atoms with Crippen molar-refractivity contribution >= 4 is 10.9 Å². The Labute approximate surface area is 131 Å². The Morgan fingerprint density at radius 2 is 1.64 bits per heavy atom. The second-order valence-electron chi connectivity index (χ2n) is 6.24. The summed E-state index contributed by atoms with van der Waals surface area (Å²) in [6.45, 7) is 8.32. The number of benzene rings is 2. The maximum absolute atomic E-state index is 6.25. The lowest BCUT2D eigenvalue weighted by Crippen LogP contribution is -2.25. The van der Waals surface area contributed by atoms with E-state index in [1.165, 1.54) is 5.56 Å². The number of ether oxygens (including phenoxy) is 1. The first kappa shape index (κ1) is 14.6. The summed E-state index contributed by atoms with van der Waals surface area (Å²) in [5.41, 5.74) is 4.08. The lowest BCUT2D eigenvalue weighted by molar-refractivity contribution is 0.109. The van der Waals surface area contributed by atoms with Gasteiger partial charge < -0.3 is 4.74 Å². The minimum Gasteiger partial charge on any atom is -0.483 e. The van der Waals surface area contributed by atoms with Crippen molar-refractivity contribution in [3.05, 3.63) is 71.4 Å². The van der Waals surface area contributed by atoms with Gasteiger partial charge in [-0.3, -0.25) is 4.98 Å². The van der Waals surface area contributed by atoms with Crippen LogP contribution in [-0.4, -0.2) is 4.98 Å². The molecule has 0 aliphatic rings. The number of aryl methyl sites for hydroxylation is 2. The molecule has 0 amide bonds. The number of pyridine rings is 1. The van der Waals surface area contributed by atoms with Crippen molar-refractivity contribution in [2.75, 3.05) is 0 Å². The van der Waals surface area contributed by atoms with Gasteiger partial charge in [-0.05, 0) is 63.1 Å². The monoisotopic (exact) mass is 291 g/mol. The van der Waals surface area contributed by atoms with Crippen molar-refractivity contribution in [3.63, 3.8) is 0 Å². The molecule has 2 heteroatoms. The minimum atomic E-state index is -0.374. The van der Waals surface area contributed by atoms with E-state index in [2.05, 4.69) is 50.0 Å². The van der Waals surface area contributed by atoms with Crippen LogP contribution in [0.1, 0.15) is 30.7 Å². The van der Waals surface area contributed by atoms with E-state index in [4.69, 9.17) is 4.74 Å². The normalized spacial score (nSPS) is 11.6. The minimum absolute atomic E-state index is 0.374. The van der Waals surface area contributed by atoms with E-state index >= 15 is 0 Å². The van der Waals surface area contributed by atoms with Gasteiger partial charge in [-0.1, -0.05) is 30.3 Å². The second kappa shape index (κ2) is 5.45. The Bertz CT molecular complexity index is 807. The van der Waals surface area contributed by atoms with Gasteiger partial charge in [-0.25, -0.2) is 0 Å². The van der Waals surface area contributed by atoms with Crippen LogP contribution < -0.4 is 4.74 Å². The molecule has 112 valence electrons. The number of aromatic nitrogens is 1. The van der Waals surface area contributed by atoms with Crippen LogP contribution in [-0.2, 0) is 5.60 Å². The van der Waals surface area contributed by atoms with Crippen molar-refractivity contribution in [3.8, 4) is 5.75 Å². The molecule has 0 saturated carbocycles. The largest absolute Gasteiger partial charge is 0.483 e. The first-order valence-corrected chi connectivity index (χ1v) is 7.58. The highest BCUT2D eigenvalue weighted by molar-refractivity contribution is 5.83. The number of rotatable bonds is 3. The number of fused-ring (bicyclic) bond motifs is 1. The molecular formula is C20H21NO. The van der Waals surface area contributed by atoms with Crippen LogP contribution in [0.2, 0.25) is 0 Å². The van der Waals surface area contributed by atoms with Gasteiger partial charge in [0, 0.05) is 11.1 Å². The topological polar surface area (TPSA) is 22.1 Å². The number of hydrogen-bond acceptors (Lipinski definition) is 2. The average Bonchev–Trinajstić information content (AvgIpc) is 2.48. The molecule has 1 heterocycles. The third-order valence-electron chi connectivity index (χ3n) is 3.96. The molecule has 0 unspecified atom stereocenters. The third-order valence-corrected chi connectivity index (χ3v) is 3.96. The average molecular weight is 291 g/mol. The van der Waals surface area contributed by atoms with E-state index in [0.717, 1.165) is 27.9 Å². The predicted octanol–water partition coefficient (Wildman–Crippen LogP) is 5.17. The van der Waals surface area contributed by atoms with Crippen LogP contribution in [0.15, 0.2) is 54.6 Å². The molecule has 0 aliphatic carbocycles. The van der Waals surface area contributed by atoms with Crippen LogP contribution in [0.4, 0.5) is 0 Å². The lowest BCUT2D eigenvalue weighted by Gasteiger charge is -2.27. The van der Waals surface area contributed by atoms with Gasteiger partial charge in [-0.15, -0.1) is 0 Å². The molecule has 22 heavy (non-hydrogen) atoms. The molecule has 0 radical (unpaired) electrons. The standard InChI is InChI=1S/C20H21NO/c1-14-12-15(2)21-19-11-10-17(13-18(14)19)22-20(3,4)16-8-6-5-7-9-16/h5-13H,1-4H3. The molecule has 0 N–H and O–H groups in total. The summed E-state index contributed by atoms with van der Waals surface area (Å²) in [6, 6.07) is 18.5. The van der Waals surface area contributed by atoms with Crippen LogP contribution in [0.5, 0.6) is 5.75 Å². The SMILES string of the molecule is Cc1cc(C)c2cc(OC(C)(C)c3ccccc3)ccc2n1. The van der Waals surface area contributed by atoms with Gasteiger partial charge in [-0.2, -0.15) is 0 Å². The zero-order chi connectivity index (χ0) is 15.7. The Kier molecular flexibility index (Phi) is 3.61. The molecule has 2 nitrogen and oxygen atoms in total. The highest BCUT2D eigenvalue weighted by Crippen LogP contribution is 2.30. The number of hydrogen-bond donors (Lipinski definition) is 0. The van der Waals surface area contributed by atoms with Gasteiger partial charge >= 0.3 is 0 Å². The lowest BCUT2D eigenvalue weighted by atomic mass is 9.98. The van der Waals surface area contributed by atoms with Gasteiger partial charge in [0.2, 0.25) is 0 Å². The van der Waals surface area contributed by atoms with E-state index in [0.29, 0.717) is 0 Å². The quantitative estimate of drug-likeness (QED) is 0.664. The van der Waals surface area contributed by atoms with E-state index in [9.17, 15) is 0 Å². The molecule has 0 bridgehead atoms. The Morgan fingerprint density at radius 1 is 0.909 bits per heavy atom. The smallest absolute Gasteiger partial charge is 0.128 e. The highest BCUT2D eigenvalue weighted by atomic mass is 16.5. The van der Waals surface area contributed by atoms with Gasteiger partial charge in [0.25, 0.3) is 0 Å². The summed E-state index contributed by atoms with van der Waals surface area (Å²) in [4.78, 5) is 4.58. The van der Waals surface area contributed by atoms with Crippen molar-refractivity contribution in [2.45, 2.75) is 33.3 Å². The Balaban J connectivity index is 1.97.